The van der Waals surface area contributed by atoms with Gasteiger partial charge in [0.15, 0.2) is 0 Å². The summed E-state index contributed by atoms with van der Waals surface area (Å²) < 4.78 is 2.00. The molecule has 0 saturated carbocycles. The van der Waals surface area contributed by atoms with E-state index in [-0.39, 0.29) is 18.5 Å². The molecule has 6 rings (SSSR count). The zero-order valence-corrected chi connectivity index (χ0v) is 19.2. The second-order valence-corrected chi connectivity index (χ2v) is 8.82. The third-order valence-electron chi connectivity index (χ3n) is 6.39. The number of aromatic amines is 1. The third-order valence-corrected chi connectivity index (χ3v) is 6.39. The minimum Gasteiger partial charge on any atom is -0.376 e. The van der Waals surface area contributed by atoms with Crippen LogP contribution in [0, 0.1) is 0 Å². The maximum absolute atomic E-state index is 12.7. The highest BCUT2D eigenvalue weighted by Crippen LogP contribution is 2.25. The fraction of sp³-hybridized carbons (Fsp3) is 0.231. The van der Waals surface area contributed by atoms with E-state index >= 15 is 0 Å². The van der Waals surface area contributed by atoms with E-state index in [1.807, 2.05) is 71.5 Å². The molecule has 1 aliphatic heterocycles. The molecule has 0 unspecified atom stereocenters. The highest BCUT2D eigenvalue weighted by atomic mass is 16.2. The number of rotatable bonds is 6. The van der Waals surface area contributed by atoms with E-state index in [0.717, 1.165) is 65.4 Å². The molecule has 1 saturated heterocycles. The Kier molecular flexibility index (Phi) is 5.50. The van der Waals surface area contributed by atoms with Crippen LogP contribution >= 0.6 is 0 Å². The second kappa shape index (κ2) is 9.09. The van der Waals surface area contributed by atoms with Gasteiger partial charge >= 0.3 is 0 Å². The van der Waals surface area contributed by atoms with Crippen LogP contribution in [0.2, 0.25) is 0 Å². The van der Waals surface area contributed by atoms with Gasteiger partial charge in [-0.05, 0) is 43.2 Å². The number of fused-ring (bicyclic) bond motifs is 2. The lowest BCUT2D eigenvalue weighted by molar-refractivity contribution is -0.120. The topological polar surface area (TPSA) is 103 Å². The van der Waals surface area contributed by atoms with E-state index in [1.165, 1.54) is 0 Å². The summed E-state index contributed by atoms with van der Waals surface area (Å²) in [5.41, 5.74) is 4.52. The van der Waals surface area contributed by atoms with Crippen LogP contribution in [0.5, 0.6) is 0 Å². The van der Waals surface area contributed by atoms with Crippen molar-refractivity contribution in [1.29, 1.82) is 0 Å². The van der Waals surface area contributed by atoms with Crippen molar-refractivity contribution in [1.82, 2.24) is 29.7 Å². The quantitative estimate of drug-likeness (QED) is 0.354. The zero-order valence-electron chi connectivity index (χ0n) is 19.2. The standard InChI is InChI=1S/C26H26N8O/c35-24(31-20-7-4-12-34(15-20)26-21-9-10-27-25(21)29-17-30-26)14-28-19-6-3-5-18(13-19)22-16-33-11-2-1-8-23(33)32-22/h1-3,5-6,8-11,13,16-17,20,28H,4,7,12,14-15H2,(H,31,35)(H,27,29,30)/t20-/m1/s1. The molecule has 0 radical (unpaired) electrons. The van der Waals surface area contributed by atoms with Crippen molar-refractivity contribution in [2.45, 2.75) is 18.9 Å². The first kappa shape index (κ1) is 21.2. The maximum Gasteiger partial charge on any atom is 0.239 e. The fourth-order valence-electron chi connectivity index (χ4n) is 4.72. The number of nitrogens with one attached hydrogen (secondary N) is 3. The van der Waals surface area contributed by atoms with Crippen LogP contribution in [-0.2, 0) is 4.79 Å². The summed E-state index contributed by atoms with van der Waals surface area (Å²) in [6, 6.07) is 16.0. The predicted octanol–water partition coefficient (Wildman–Crippen LogP) is 3.47. The van der Waals surface area contributed by atoms with Gasteiger partial charge in [-0.15, -0.1) is 0 Å². The molecule has 1 atom stereocenters. The number of piperidine rings is 1. The molecule has 1 amide bonds. The number of benzene rings is 1. The number of nitrogens with zero attached hydrogens (tertiary/aromatic N) is 5. The Hall–Kier alpha value is -4.40. The van der Waals surface area contributed by atoms with Gasteiger partial charge in [0.25, 0.3) is 0 Å². The normalized spacial score (nSPS) is 16.0. The van der Waals surface area contributed by atoms with E-state index in [9.17, 15) is 4.79 Å². The Morgan fingerprint density at radius 3 is 3.06 bits per heavy atom. The monoisotopic (exact) mass is 466 g/mol. The smallest absolute Gasteiger partial charge is 0.239 e. The van der Waals surface area contributed by atoms with Crippen LogP contribution in [0.25, 0.3) is 27.9 Å². The number of pyridine rings is 1. The van der Waals surface area contributed by atoms with Crippen molar-refractivity contribution in [3.05, 3.63) is 73.4 Å². The van der Waals surface area contributed by atoms with E-state index < -0.39 is 0 Å². The molecule has 9 heteroatoms. The summed E-state index contributed by atoms with van der Waals surface area (Å²) in [5.74, 6) is 0.890. The lowest BCUT2D eigenvalue weighted by atomic mass is 10.1. The van der Waals surface area contributed by atoms with Gasteiger partial charge in [0, 0.05) is 49.0 Å². The van der Waals surface area contributed by atoms with Crippen molar-refractivity contribution in [2.75, 3.05) is 29.9 Å². The van der Waals surface area contributed by atoms with Gasteiger partial charge in [-0.1, -0.05) is 18.2 Å². The van der Waals surface area contributed by atoms with Gasteiger partial charge in [0.2, 0.25) is 5.91 Å². The number of aromatic nitrogens is 5. The predicted molar refractivity (Wildman–Crippen MR) is 136 cm³/mol. The average Bonchev–Trinajstić information content (AvgIpc) is 3.55. The summed E-state index contributed by atoms with van der Waals surface area (Å²) in [6.45, 7) is 1.85. The molecule has 5 heterocycles. The summed E-state index contributed by atoms with van der Waals surface area (Å²) in [5, 5.41) is 7.45. The van der Waals surface area contributed by atoms with Crippen LogP contribution < -0.4 is 15.5 Å². The van der Waals surface area contributed by atoms with E-state index in [0.29, 0.717) is 0 Å². The van der Waals surface area contributed by atoms with Crippen LogP contribution in [0.1, 0.15) is 12.8 Å². The molecule has 4 aromatic heterocycles. The molecule has 35 heavy (non-hydrogen) atoms. The number of imidazole rings is 1. The summed E-state index contributed by atoms with van der Waals surface area (Å²) in [6.07, 6.45) is 9.40. The molecule has 5 aromatic rings. The molecule has 1 aromatic carbocycles. The first-order valence-electron chi connectivity index (χ1n) is 11.8. The van der Waals surface area contributed by atoms with Crippen molar-refractivity contribution >= 4 is 34.1 Å². The minimum absolute atomic E-state index is 0.0236. The Morgan fingerprint density at radius 2 is 2.11 bits per heavy atom. The van der Waals surface area contributed by atoms with Gasteiger partial charge in [-0.25, -0.2) is 15.0 Å². The number of carbonyl (C=O) groups excluding carboxylic acids is 1. The average molecular weight is 467 g/mol. The van der Waals surface area contributed by atoms with E-state index in [2.05, 4.69) is 35.5 Å². The Morgan fingerprint density at radius 1 is 1.14 bits per heavy atom. The molecular formula is C26H26N8O. The molecule has 9 nitrogen and oxygen atoms in total. The van der Waals surface area contributed by atoms with Gasteiger partial charge in [0.05, 0.1) is 17.6 Å². The Labute approximate surface area is 202 Å². The second-order valence-electron chi connectivity index (χ2n) is 8.82. The first-order chi connectivity index (χ1) is 17.2. The highest BCUT2D eigenvalue weighted by molar-refractivity contribution is 5.87. The van der Waals surface area contributed by atoms with Crippen molar-refractivity contribution in [3.8, 4) is 11.3 Å². The number of H-pyrrole nitrogens is 1. The van der Waals surface area contributed by atoms with Crippen LogP contribution in [0.4, 0.5) is 11.5 Å². The third kappa shape index (κ3) is 4.40. The number of anilines is 2. The molecule has 3 N–H and O–H groups in total. The van der Waals surface area contributed by atoms with E-state index in [1.54, 1.807) is 6.33 Å². The molecule has 0 bridgehead atoms. The number of amides is 1. The van der Waals surface area contributed by atoms with Gasteiger partial charge in [0.1, 0.15) is 23.4 Å². The molecule has 1 fully saturated rings. The van der Waals surface area contributed by atoms with Crippen LogP contribution in [0.15, 0.2) is 73.4 Å². The molecule has 176 valence electrons. The van der Waals surface area contributed by atoms with E-state index in [4.69, 9.17) is 0 Å². The SMILES string of the molecule is O=C(CNc1cccc(-c2cn3ccccc3n2)c1)N[C@@H]1CCCN(c2ncnc3[nH]ccc23)C1. The summed E-state index contributed by atoms with van der Waals surface area (Å²) in [7, 11) is 0. The van der Waals surface area contributed by atoms with Gasteiger partial charge < -0.3 is 24.9 Å². The molecule has 0 spiro atoms. The first-order valence-corrected chi connectivity index (χ1v) is 11.8. The maximum atomic E-state index is 12.7. The van der Waals surface area contributed by atoms with Crippen molar-refractivity contribution in [2.24, 2.45) is 0 Å². The lowest BCUT2D eigenvalue weighted by Gasteiger charge is -2.34. The minimum atomic E-state index is -0.0236. The highest BCUT2D eigenvalue weighted by Gasteiger charge is 2.24. The molecule has 1 aliphatic rings. The van der Waals surface area contributed by atoms with Crippen LogP contribution in [0.3, 0.4) is 0 Å². The number of carbonyl (C=O) groups is 1. The summed E-state index contributed by atoms with van der Waals surface area (Å²) >= 11 is 0. The number of hydrogen-bond donors (Lipinski definition) is 3. The lowest BCUT2D eigenvalue weighted by Crippen LogP contribution is -2.49. The fourth-order valence-corrected chi connectivity index (χ4v) is 4.72. The van der Waals surface area contributed by atoms with Gasteiger partial charge in [-0.3, -0.25) is 4.79 Å². The van der Waals surface area contributed by atoms with Crippen molar-refractivity contribution in [3.63, 3.8) is 0 Å². The molecule has 0 aliphatic carbocycles. The van der Waals surface area contributed by atoms with Crippen molar-refractivity contribution < 1.29 is 4.79 Å². The molecular weight excluding hydrogens is 440 g/mol. The van der Waals surface area contributed by atoms with Gasteiger partial charge in [-0.2, -0.15) is 0 Å². The Balaban J connectivity index is 1.08. The summed E-state index contributed by atoms with van der Waals surface area (Å²) in [4.78, 5) is 31.6. The van der Waals surface area contributed by atoms with Crippen LogP contribution in [-0.4, -0.2) is 55.9 Å². The zero-order chi connectivity index (χ0) is 23.6. The number of hydrogen-bond acceptors (Lipinski definition) is 6. The largest absolute Gasteiger partial charge is 0.376 e. The Bertz CT molecular complexity index is 1460.